The number of nitro benzene ring substituents is 1. The number of anilines is 1. The summed E-state index contributed by atoms with van der Waals surface area (Å²) in [4.78, 5) is 34.3. The Morgan fingerprint density at radius 1 is 1.22 bits per heavy atom. The van der Waals surface area contributed by atoms with Crippen LogP contribution >= 0.6 is 11.8 Å². The van der Waals surface area contributed by atoms with Crippen LogP contribution in [0, 0.1) is 15.9 Å². The Morgan fingerprint density at radius 3 is 2.56 bits per heavy atom. The molecular weight excluding hydrogens is 375 g/mol. The molecule has 27 heavy (non-hydrogen) atoms. The smallest absolute Gasteiger partial charge is 0.319 e. The number of benzene rings is 2. The zero-order chi connectivity index (χ0) is 19.8. The van der Waals surface area contributed by atoms with E-state index in [1.807, 2.05) is 0 Å². The molecule has 1 amide bonds. The molecule has 0 aliphatic heterocycles. The fourth-order valence-electron chi connectivity index (χ4n) is 2.08. The molecule has 0 heterocycles. The monoisotopic (exact) mass is 392 g/mol. The van der Waals surface area contributed by atoms with Crippen molar-refractivity contribution in [2.75, 3.05) is 11.1 Å². The SMILES string of the molecule is C[C@@H](SCC(=O)Nc1ccc(F)cc1)C(=O)OCc1ccccc1[N+](=O)[O-]. The van der Waals surface area contributed by atoms with E-state index >= 15 is 0 Å². The van der Waals surface area contributed by atoms with Gasteiger partial charge in [0, 0.05) is 11.8 Å². The quantitative estimate of drug-likeness (QED) is 0.419. The third kappa shape index (κ3) is 6.37. The van der Waals surface area contributed by atoms with Crippen LogP contribution in [0.25, 0.3) is 0 Å². The Hall–Kier alpha value is -2.94. The van der Waals surface area contributed by atoms with E-state index < -0.39 is 22.0 Å². The summed E-state index contributed by atoms with van der Waals surface area (Å²) in [5, 5.41) is 12.9. The Bertz CT molecular complexity index is 829. The van der Waals surface area contributed by atoms with Crippen LogP contribution in [0.3, 0.4) is 0 Å². The van der Waals surface area contributed by atoms with Crippen LogP contribution in [-0.2, 0) is 20.9 Å². The predicted octanol–water partition coefficient (Wildman–Crippen LogP) is 3.54. The first-order valence-corrected chi connectivity index (χ1v) is 8.97. The molecule has 0 unspecified atom stereocenters. The number of hydrogen-bond donors (Lipinski definition) is 1. The fraction of sp³-hybridized carbons (Fsp3) is 0.222. The molecule has 0 saturated carbocycles. The summed E-state index contributed by atoms with van der Waals surface area (Å²) < 4.78 is 17.9. The van der Waals surface area contributed by atoms with Crippen molar-refractivity contribution in [3.8, 4) is 0 Å². The number of nitro groups is 1. The highest BCUT2D eigenvalue weighted by Gasteiger charge is 2.19. The molecule has 0 aliphatic carbocycles. The van der Waals surface area contributed by atoms with Gasteiger partial charge in [0.05, 0.1) is 16.2 Å². The van der Waals surface area contributed by atoms with Crippen LogP contribution in [0.1, 0.15) is 12.5 Å². The molecular formula is C18H17FN2O5S. The van der Waals surface area contributed by atoms with Crippen molar-refractivity contribution in [1.29, 1.82) is 0 Å². The topological polar surface area (TPSA) is 98.5 Å². The molecule has 0 saturated heterocycles. The fourth-order valence-corrected chi connectivity index (χ4v) is 2.75. The summed E-state index contributed by atoms with van der Waals surface area (Å²) in [6, 6.07) is 11.3. The van der Waals surface area contributed by atoms with E-state index in [4.69, 9.17) is 4.74 Å². The van der Waals surface area contributed by atoms with Crippen molar-refractivity contribution in [3.05, 3.63) is 70.0 Å². The summed E-state index contributed by atoms with van der Waals surface area (Å²) in [5.74, 6) is -1.32. The zero-order valence-corrected chi connectivity index (χ0v) is 15.2. The molecule has 9 heteroatoms. The highest BCUT2D eigenvalue weighted by atomic mass is 32.2. The van der Waals surface area contributed by atoms with Crippen LogP contribution in [0.5, 0.6) is 0 Å². The van der Waals surface area contributed by atoms with Crippen molar-refractivity contribution in [3.63, 3.8) is 0 Å². The highest BCUT2D eigenvalue weighted by Crippen LogP contribution is 2.20. The first-order chi connectivity index (χ1) is 12.9. The minimum atomic E-state index is -0.633. The number of amides is 1. The molecule has 0 spiro atoms. The normalized spacial score (nSPS) is 11.5. The van der Waals surface area contributed by atoms with E-state index in [1.54, 1.807) is 13.0 Å². The maximum Gasteiger partial charge on any atom is 0.319 e. The van der Waals surface area contributed by atoms with E-state index in [9.17, 15) is 24.1 Å². The zero-order valence-electron chi connectivity index (χ0n) is 14.4. The lowest BCUT2D eigenvalue weighted by Gasteiger charge is -2.11. The van der Waals surface area contributed by atoms with Crippen molar-refractivity contribution < 1.29 is 23.6 Å². The molecule has 2 rings (SSSR count). The van der Waals surface area contributed by atoms with E-state index in [0.29, 0.717) is 11.3 Å². The lowest BCUT2D eigenvalue weighted by molar-refractivity contribution is -0.385. The lowest BCUT2D eigenvalue weighted by atomic mass is 10.2. The van der Waals surface area contributed by atoms with Gasteiger partial charge in [-0.3, -0.25) is 19.7 Å². The number of halogens is 1. The lowest BCUT2D eigenvalue weighted by Crippen LogP contribution is -2.21. The maximum absolute atomic E-state index is 12.8. The average molecular weight is 392 g/mol. The van der Waals surface area contributed by atoms with Crippen molar-refractivity contribution in [2.45, 2.75) is 18.8 Å². The van der Waals surface area contributed by atoms with Gasteiger partial charge in [0.2, 0.25) is 5.91 Å². The second-order valence-electron chi connectivity index (χ2n) is 5.50. The van der Waals surface area contributed by atoms with Crippen LogP contribution < -0.4 is 5.32 Å². The third-order valence-corrected chi connectivity index (χ3v) is 4.60. The van der Waals surface area contributed by atoms with Crippen LogP contribution in [0.4, 0.5) is 15.8 Å². The Kier molecular flexibility index (Phi) is 7.30. The minimum absolute atomic E-state index is 0.000865. The molecule has 1 N–H and O–H groups in total. The summed E-state index contributed by atoms with van der Waals surface area (Å²) in [5.41, 5.74) is 0.625. The second-order valence-corrected chi connectivity index (χ2v) is 6.83. The largest absolute Gasteiger partial charge is 0.460 e. The van der Waals surface area contributed by atoms with Gasteiger partial charge in [0.1, 0.15) is 17.7 Å². The molecule has 2 aromatic carbocycles. The Balaban J connectivity index is 1.79. The van der Waals surface area contributed by atoms with E-state index in [-0.39, 0.29) is 24.0 Å². The van der Waals surface area contributed by atoms with Crippen LogP contribution in [0.15, 0.2) is 48.5 Å². The van der Waals surface area contributed by atoms with E-state index in [2.05, 4.69) is 5.32 Å². The average Bonchev–Trinajstić information content (AvgIpc) is 2.66. The number of ether oxygens (including phenoxy) is 1. The van der Waals surface area contributed by atoms with Gasteiger partial charge in [-0.15, -0.1) is 11.8 Å². The first kappa shape index (κ1) is 20.4. The minimum Gasteiger partial charge on any atom is -0.460 e. The van der Waals surface area contributed by atoms with Gasteiger partial charge < -0.3 is 10.1 Å². The van der Waals surface area contributed by atoms with Gasteiger partial charge >= 0.3 is 5.97 Å². The van der Waals surface area contributed by atoms with Crippen molar-refractivity contribution >= 4 is 35.0 Å². The number of rotatable bonds is 8. The molecule has 0 bridgehead atoms. The maximum atomic E-state index is 12.8. The van der Waals surface area contributed by atoms with E-state index in [1.165, 1.54) is 42.5 Å². The highest BCUT2D eigenvalue weighted by molar-refractivity contribution is 8.01. The molecule has 7 nitrogen and oxygen atoms in total. The third-order valence-electron chi connectivity index (χ3n) is 3.48. The predicted molar refractivity (Wildman–Crippen MR) is 99.8 cm³/mol. The number of thioether (sulfide) groups is 1. The number of carbonyl (C=O) groups is 2. The number of hydrogen-bond acceptors (Lipinski definition) is 6. The molecule has 1 atom stereocenters. The Morgan fingerprint density at radius 2 is 1.89 bits per heavy atom. The standard InChI is InChI=1S/C18H17FN2O5S/c1-12(27-11-17(22)20-15-8-6-14(19)7-9-15)18(23)26-10-13-4-2-3-5-16(13)21(24)25/h2-9,12H,10-11H2,1H3,(H,20,22)/t12-/m1/s1. The molecule has 0 fully saturated rings. The molecule has 142 valence electrons. The number of esters is 1. The van der Waals surface area contributed by atoms with Crippen molar-refractivity contribution in [1.82, 2.24) is 0 Å². The van der Waals surface area contributed by atoms with Gasteiger partial charge in [0.15, 0.2) is 0 Å². The van der Waals surface area contributed by atoms with Gasteiger partial charge in [-0.1, -0.05) is 12.1 Å². The van der Waals surface area contributed by atoms with Gasteiger partial charge in [-0.2, -0.15) is 0 Å². The van der Waals surface area contributed by atoms with Crippen LogP contribution in [0.2, 0.25) is 0 Å². The number of nitrogens with one attached hydrogen (secondary N) is 1. The summed E-state index contributed by atoms with van der Waals surface area (Å²) in [7, 11) is 0. The van der Waals surface area contributed by atoms with Crippen LogP contribution in [-0.4, -0.2) is 27.8 Å². The molecule has 0 aromatic heterocycles. The van der Waals surface area contributed by atoms with E-state index in [0.717, 1.165) is 11.8 Å². The van der Waals surface area contributed by atoms with Gasteiger partial charge in [-0.25, -0.2) is 4.39 Å². The molecule has 0 aliphatic rings. The molecule has 2 aromatic rings. The summed E-state index contributed by atoms with van der Waals surface area (Å²) in [6.45, 7) is 1.36. The molecule has 0 radical (unpaired) electrons. The van der Waals surface area contributed by atoms with Gasteiger partial charge in [0.25, 0.3) is 5.69 Å². The van der Waals surface area contributed by atoms with Gasteiger partial charge in [-0.05, 0) is 37.3 Å². The Labute approximate surface area is 159 Å². The first-order valence-electron chi connectivity index (χ1n) is 7.93. The summed E-state index contributed by atoms with van der Waals surface area (Å²) >= 11 is 1.07. The summed E-state index contributed by atoms with van der Waals surface area (Å²) in [6.07, 6.45) is 0. The second kappa shape index (κ2) is 9.67. The number of nitrogens with zero attached hydrogens (tertiary/aromatic N) is 1. The number of carbonyl (C=O) groups excluding carboxylic acids is 2. The van der Waals surface area contributed by atoms with Crippen molar-refractivity contribution in [2.24, 2.45) is 0 Å². The number of para-hydroxylation sites is 1.